The number of halogens is 3. The number of carbonyl (C=O) groups is 3. The van der Waals surface area contributed by atoms with Crippen molar-refractivity contribution in [3.05, 3.63) is 101 Å². The number of anilines is 2. The average molecular weight is 461 g/mol. The van der Waals surface area contributed by atoms with E-state index in [4.69, 9.17) is 0 Å². The number of benzene rings is 3. The van der Waals surface area contributed by atoms with E-state index in [0.717, 1.165) is 11.0 Å². The number of fused-ring (bicyclic) bond motifs is 2. The van der Waals surface area contributed by atoms with Crippen LogP contribution in [0.2, 0.25) is 0 Å². The Morgan fingerprint density at radius 2 is 1.47 bits per heavy atom. The first-order valence-corrected chi connectivity index (χ1v) is 10.1. The van der Waals surface area contributed by atoms with Crippen LogP contribution in [0.25, 0.3) is 10.9 Å². The number of para-hydroxylation sites is 1. The Bertz CT molecular complexity index is 1450. The second-order valence-corrected chi connectivity index (χ2v) is 7.55. The first-order chi connectivity index (χ1) is 16.3. The zero-order valence-electron chi connectivity index (χ0n) is 17.3. The fraction of sp³-hybridized carbons (Fsp3) is 0.0400. The van der Waals surface area contributed by atoms with Gasteiger partial charge < -0.3 is 5.32 Å². The maximum Gasteiger partial charge on any atom is 0.418 e. The molecule has 4 aromatic rings. The predicted molar refractivity (Wildman–Crippen MR) is 119 cm³/mol. The second kappa shape index (κ2) is 7.80. The molecule has 9 heteroatoms. The van der Waals surface area contributed by atoms with Crippen molar-refractivity contribution in [1.29, 1.82) is 0 Å². The van der Waals surface area contributed by atoms with E-state index in [0.29, 0.717) is 16.8 Å². The van der Waals surface area contributed by atoms with E-state index in [-0.39, 0.29) is 22.2 Å². The van der Waals surface area contributed by atoms with E-state index < -0.39 is 29.5 Å². The zero-order valence-corrected chi connectivity index (χ0v) is 17.3. The smallest absolute Gasteiger partial charge is 0.321 e. The van der Waals surface area contributed by atoms with E-state index in [1.165, 1.54) is 48.7 Å². The van der Waals surface area contributed by atoms with Crippen LogP contribution in [0.15, 0.2) is 79.0 Å². The molecule has 3 aromatic carbocycles. The van der Waals surface area contributed by atoms with Crippen LogP contribution in [0.5, 0.6) is 0 Å². The SMILES string of the molecule is O=C(Nc1ccnc2c(C(F)(F)F)cccc12)c1ccc(N2C(=O)c3ccccc3C2=O)cc1. The number of imide groups is 1. The minimum atomic E-state index is -4.59. The Balaban J connectivity index is 1.41. The van der Waals surface area contributed by atoms with Gasteiger partial charge in [-0.25, -0.2) is 4.90 Å². The number of rotatable bonds is 3. The lowest BCUT2D eigenvalue weighted by Gasteiger charge is -2.15. The Morgan fingerprint density at radius 1 is 0.824 bits per heavy atom. The highest BCUT2D eigenvalue weighted by Crippen LogP contribution is 2.36. The van der Waals surface area contributed by atoms with Crippen molar-refractivity contribution in [2.45, 2.75) is 6.18 Å². The highest BCUT2D eigenvalue weighted by Gasteiger charge is 2.36. The molecule has 6 nitrogen and oxygen atoms in total. The van der Waals surface area contributed by atoms with Crippen LogP contribution in [-0.4, -0.2) is 22.7 Å². The van der Waals surface area contributed by atoms with Crippen molar-refractivity contribution in [2.24, 2.45) is 0 Å². The van der Waals surface area contributed by atoms with Gasteiger partial charge >= 0.3 is 6.18 Å². The molecule has 34 heavy (non-hydrogen) atoms. The Hall–Kier alpha value is -4.53. The van der Waals surface area contributed by atoms with Gasteiger partial charge in [0.15, 0.2) is 0 Å². The highest BCUT2D eigenvalue weighted by molar-refractivity contribution is 6.34. The number of carbonyl (C=O) groups excluding carboxylic acids is 3. The van der Waals surface area contributed by atoms with Crippen molar-refractivity contribution in [2.75, 3.05) is 10.2 Å². The third kappa shape index (κ3) is 3.47. The monoisotopic (exact) mass is 461 g/mol. The van der Waals surface area contributed by atoms with Crippen molar-refractivity contribution < 1.29 is 27.6 Å². The van der Waals surface area contributed by atoms with E-state index in [1.54, 1.807) is 24.3 Å². The molecule has 0 radical (unpaired) electrons. The number of amides is 3. The van der Waals surface area contributed by atoms with E-state index >= 15 is 0 Å². The first-order valence-electron chi connectivity index (χ1n) is 10.1. The van der Waals surface area contributed by atoms with E-state index in [1.807, 2.05) is 0 Å². The number of nitrogens with zero attached hydrogens (tertiary/aromatic N) is 2. The number of hydrogen-bond acceptors (Lipinski definition) is 4. The van der Waals surface area contributed by atoms with Crippen molar-refractivity contribution >= 4 is 40.0 Å². The molecule has 3 amide bonds. The summed E-state index contributed by atoms with van der Waals surface area (Å²) in [6.45, 7) is 0. The topological polar surface area (TPSA) is 79.4 Å². The summed E-state index contributed by atoms with van der Waals surface area (Å²) in [6.07, 6.45) is -3.40. The minimum Gasteiger partial charge on any atom is -0.321 e. The van der Waals surface area contributed by atoms with Gasteiger partial charge in [0, 0.05) is 17.1 Å². The van der Waals surface area contributed by atoms with Gasteiger partial charge in [0.25, 0.3) is 17.7 Å². The molecule has 0 aliphatic carbocycles. The molecular formula is C25H14F3N3O3. The molecule has 1 aliphatic heterocycles. The fourth-order valence-corrected chi connectivity index (χ4v) is 3.89. The summed E-state index contributed by atoms with van der Waals surface area (Å²) in [5, 5.41) is 2.75. The summed E-state index contributed by atoms with van der Waals surface area (Å²) in [7, 11) is 0. The maximum atomic E-state index is 13.3. The quantitative estimate of drug-likeness (QED) is 0.420. The normalized spacial score (nSPS) is 13.3. The molecule has 2 heterocycles. The molecule has 5 rings (SSSR count). The predicted octanol–water partition coefficient (Wildman–Crippen LogP) is 5.31. The van der Waals surface area contributed by atoms with Gasteiger partial charge in [-0.15, -0.1) is 0 Å². The second-order valence-electron chi connectivity index (χ2n) is 7.55. The highest BCUT2D eigenvalue weighted by atomic mass is 19.4. The van der Waals surface area contributed by atoms with E-state index in [2.05, 4.69) is 10.3 Å². The van der Waals surface area contributed by atoms with Crippen LogP contribution in [0.3, 0.4) is 0 Å². The first kappa shape index (κ1) is 21.3. The summed E-state index contributed by atoms with van der Waals surface area (Å²) in [5.41, 5.74) is 0.101. The third-order valence-corrected chi connectivity index (χ3v) is 5.51. The Kier molecular flexibility index (Phi) is 4.89. The molecule has 0 bridgehead atoms. The van der Waals surface area contributed by atoms with Crippen LogP contribution in [-0.2, 0) is 6.18 Å². The summed E-state index contributed by atoms with van der Waals surface area (Å²) in [4.78, 5) is 42.9. The lowest BCUT2D eigenvalue weighted by molar-refractivity contribution is -0.136. The molecule has 0 fully saturated rings. The average Bonchev–Trinajstić information content (AvgIpc) is 3.08. The van der Waals surface area contributed by atoms with E-state index in [9.17, 15) is 27.6 Å². The standard InChI is InChI=1S/C25H14F3N3O3/c26-25(27,28)19-7-3-6-18-20(12-13-29-21(18)19)30-22(32)14-8-10-15(11-9-14)31-23(33)16-4-1-2-5-17(16)24(31)34/h1-13H,(H,29,30,32). The number of aromatic nitrogens is 1. The van der Waals surface area contributed by atoms with Crippen LogP contribution in [0, 0.1) is 0 Å². The van der Waals surface area contributed by atoms with Crippen LogP contribution in [0.1, 0.15) is 36.6 Å². The van der Waals surface area contributed by atoms with Gasteiger partial charge in [-0.3, -0.25) is 19.4 Å². The molecule has 1 aromatic heterocycles. The molecule has 1 N–H and O–H groups in total. The summed E-state index contributed by atoms with van der Waals surface area (Å²) < 4.78 is 39.9. The molecule has 0 unspecified atom stereocenters. The van der Waals surface area contributed by atoms with Gasteiger partial charge in [-0.2, -0.15) is 13.2 Å². The Morgan fingerprint density at radius 3 is 2.09 bits per heavy atom. The minimum absolute atomic E-state index is 0.147. The molecular weight excluding hydrogens is 447 g/mol. The molecule has 0 saturated heterocycles. The maximum absolute atomic E-state index is 13.3. The fourth-order valence-electron chi connectivity index (χ4n) is 3.89. The number of nitrogens with one attached hydrogen (secondary N) is 1. The summed E-state index contributed by atoms with van der Waals surface area (Å²) in [5.74, 6) is -1.48. The van der Waals surface area contributed by atoms with Crippen molar-refractivity contribution in [1.82, 2.24) is 4.98 Å². The van der Waals surface area contributed by atoms with Gasteiger partial charge in [0.05, 0.1) is 33.6 Å². The van der Waals surface area contributed by atoms with Gasteiger partial charge in [0.2, 0.25) is 0 Å². The largest absolute Gasteiger partial charge is 0.418 e. The summed E-state index contributed by atoms with van der Waals surface area (Å²) in [6, 6.07) is 17.3. The molecule has 0 spiro atoms. The Labute approximate surface area is 190 Å². The van der Waals surface area contributed by atoms with Gasteiger partial charge in [0.1, 0.15) is 0 Å². The number of hydrogen-bond donors (Lipinski definition) is 1. The summed E-state index contributed by atoms with van der Waals surface area (Å²) >= 11 is 0. The zero-order chi connectivity index (χ0) is 24.0. The third-order valence-electron chi connectivity index (χ3n) is 5.51. The van der Waals surface area contributed by atoms with Crippen LogP contribution in [0.4, 0.5) is 24.5 Å². The van der Waals surface area contributed by atoms with Crippen LogP contribution < -0.4 is 10.2 Å². The lowest BCUT2D eigenvalue weighted by atomic mass is 10.1. The number of pyridine rings is 1. The molecule has 1 aliphatic rings. The van der Waals surface area contributed by atoms with Gasteiger partial charge in [-0.05, 0) is 48.5 Å². The molecule has 0 saturated carbocycles. The lowest BCUT2D eigenvalue weighted by Crippen LogP contribution is -2.29. The van der Waals surface area contributed by atoms with Crippen molar-refractivity contribution in [3.8, 4) is 0 Å². The van der Waals surface area contributed by atoms with Crippen LogP contribution >= 0.6 is 0 Å². The number of alkyl halides is 3. The van der Waals surface area contributed by atoms with Crippen molar-refractivity contribution in [3.63, 3.8) is 0 Å². The molecule has 0 atom stereocenters. The van der Waals surface area contributed by atoms with Gasteiger partial charge in [-0.1, -0.05) is 24.3 Å². The molecule has 168 valence electrons.